The molecule has 3 N–H and O–H groups in total. The fraction of sp³-hybridized carbons (Fsp3) is 0.417. The van der Waals surface area contributed by atoms with Gasteiger partial charge in [-0.2, -0.15) is 0 Å². The number of fused-ring (bicyclic) bond motifs is 1. The van der Waals surface area contributed by atoms with E-state index >= 15 is 0 Å². The summed E-state index contributed by atoms with van der Waals surface area (Å²) in [6.45, 7) is 4.22. The van der Waals surface area contributed by atoms with Crippen molar-refractivity contribution in [3.05, 3.63) is 71.3 Å². The number of quaternary nitrogens is 1. The molecule has 2 aliphatic heterocycles. The molecule has 0 spiro atoms. The van der Waals surface area contributed by atoms with Crippen LogP contribution in [0.25, 0.3) is 0 Å². The zero-order valence-corrected chi connectivity index (χ0v) is 17.0. The van der Waals surface area contributed by atoms with Crippen molar-refractivity contribution in [3.8, 4) is 0 Å². The highest BCUT2D eigenvalue weighted by Crippen LogP contribution is 2.21. The van der Waals surface area contributed by atoms with Gasteiger partial charge in [0, 0.05) is 31.0 Å². The normalized spacial score (nSPS) is 20.6. The Bertz CT molecular complexity index is 859. The van der Waals surface area contributed by atoms with Gasteiger partial charge in [-0.05, 0) is 30.9 Å². The van der Waals surface area contributed by atoms with E-state index in [-0.39, 0.29) is 29.8 Å². The maximum absolute atomic E-state index is 13.0. The summed E-state index contributed by atoms with van der Waals surface area (Å²) in [5.74, 6) is 0.309. The predicted octanol–water partition coefficient (Wildman–Crippen LogP) is 1.79. The molecule has 2 aromatic carbocycles. The molecule has 4 rings (SSSR count). The molecule has 0 radical (unpaired) electrons. The molecule has 29 heavy (non-hydrogen) atoms. The average Bonchev–Trinajstić information content (AvgIpc) is 2.79. The van der Waals surface area contributed by atoms with E-state index in [9.17, 15) is 9.59 Å². The number of nitrogens with two attached hydrogens (primary N) is 1. The van der Waals surface area contributed by atoms with Crippen LogP contribution in [0.5, 0.6) is 0 Å². The van der Waals surface area contributed by atoms with E-state index in [1.165, 1.54) is 11.1 Å². The first-order chi connectivity index (χ1) is 14.1. The molecule has 1 fully saturated rings. The van der Waals surface area contributed by atoms with Crippen LogP contribution in [0.2, 0.25) is 0 Å². The van der Waals surface area contributed by atoms with E-state index in [2.05, 4.69) is 28.8 Å². The summed E-state index contributed by atoms with van der Waals surface area (Å²) in [6, 6.07) is 18.4. The van der Waals surface area contributed by atoms with Crippen LogP contribution < -0.4 is 10.6 Å². The second kappa shape index (κ2) is 8.78. The van der Waals surface area contributed by atoms with Crippen molar-refractivity contribution in [2.24, 2.45) is 5.92 Å². The van der Waals surface area contributed by atoms with Crippen LogP contribution in [0.1, 0.15) is 42.5 Å². The minimum absolute atomic E-state index is 0.000249. The number of carbonyl (C=O) groups is 2. The fourth-order valence-electron chi connectivity index (χ4n) is 4.49. The Labute approximate surface area is 172 Å². The molecule has 2 atom stereocenters. The van der Waals surface area contributed by atoms with Gasteiger partial charge >= 0.3 is 0 Å². The molecule has 0 aliphatic carbocycles. The molecule has 0 bridgehead atoms. The highest BCUT2D eigenvalue weighted by molar-refractivity contribution is 5.82. The van der Waals surface area contributed by atoms with Crippen LogP contribution in [0.3, 0.4) is 0 Å². The molecular formula is C24H30N3O2+. The van der Waals surface area contributed by atoms with Crippen LogP contribution in [-0.4, -0.2) is 35.8 Å². The largest absolute Gasteiger partial charge is 0.349 e. The molecule has 0 saturated carbocycles. The minimum Gasteiger partial charge on any atom is -0.349 e. The summed E-state index contributed by atoms with van der Waals surface area (Å²) in [4.78, 5) is 27.6. The molecule has 0 unspecified atom stereocenters. The number of nitrogens with zero attached hydrogens (tertiary/aromatic N) is 1. The van der Waals surface area contributed by atoms with Crippen LogP contribution in [0.4, 0.5) is 0 Å². The lowest BCUT2D eigenvalue weighted by Crippen LogP contribution is -2.93. The fourth-order valence-corrected chi connectivity index (χ4v) is 4.49. The summed E-state index contributed by atoms with van der Waals surface area (Å²) in [7, 11) is 0. The smallest absolute Gasteiger partial charge is 0.281 e. The first kappa shape index (κ1) is 19.6. The minimum atomic E-state index is -0.0339. The lowest BCUT2D eigenvalue weighted by atomic mass is 9.92. The third-order valence-corrected chi connectivity index (χ3v) is 6.33. The summed E-state index contributed by atoms with van der Waals surface area (Å²) >= 11 is 0. The van der Waals surface area contributed by atoms with E-state index in [1.807, 2.05) is 48.2 Å². The van der Waals surface area contributed by atoms with E-state index in [4.69, 9.17) is 0 Å². The van der Waals surface area contributed by atoms with E-state index < -0.39 is 0 Å². The molecule has 2 heterocycles. The van der Waals surface area contributed by atoms with E-state index in [0.717, 1.165) is 31.4 Å². The Hall–Kier alpha value is -2.66. The molecule has 1 saturated heterocycles. The lowest BCUT2D eigenvalue weighted by Gasteiger charge is -2.34. The van der Waals surface area contributed by atoms with Crippen molar-refractivity contribution in [1.29, 1.82) is 0 Å². The number of carbonyl (C=O) groups excluding carboxylic acids is 2. The highest BCUT2D eigenvalue weighted by atomic mass is 16.2. The molecule has 2 aliphatic rings. The van der Waals surface area contributed by atoms with Gasteiger partial charge in [0.1, 0.15) is 6.54 Å². The van der Waals surface area contributed by atoms with Crippen LogP contribution in [-0.2, 0) is 22.6 Å². The monoisotopic (exact) mass is 392 g/mol. The maximum atomic E-state index is 13.0. The second-order valence-corrected chi connectivity index (χ2v) is 8.26. The Morgan fingerprint density at radius 3 is 2.38 bits per heavy atom. The topological polar surface area (TPSA) is 66.0 Å². The van der Waals surface area contributed by atoms with Crippen molar-refractivity contribution >= 4 is 11.8 Å². The molecule has 5 heteroatoms. The summed E-state index contributed by atoms with van der Waals surface area (Å²) < 4.78 is 0. The third-order valence-electron chi connectivity index (χ3n) is 6.33. The Balaban J connectivity index is 1.28. The van der Waals surface area contributed by atoms with Gasteiger partial charge in [0.05, 0.1) is 6.04 Å². The lowest BCUT2D eigenvalue weighted by molar-refractivity contribution is -0.695. The quantitative estimate of drug-likeness (QED) is 0.833. The summed E-state index contributed by atoms with van der Waals surface area (Å²) in [6.07, 6.45) is 2.27. The number of benzene rings is 2. The molecule has 2 aromatic rings. The Morgan fingerprint density at radius 2 is 1.66 bits per heavy atom. The van der Waals surface area contributed by atoms with Gasteiger partial charge < -0.3 is 15.5 Å². The van der Waals surface area contributed by atoms with E-state index in [1.54, 1.807) is 0 Å². The number of rotatable bonds is 4. The van der Waals surface area contributed by atoms with Gasteiger partial charge in [-0.3, -0.25) is 9.59 Å². The number of nitrogens with one attached hydrogen (secondary N) is 1. The SMILES string of the molecule is C[C@H](NC(=O)C1CCN(C(=O)[C@@H]2Cc3ccccc3C[NH2+]2)CC1)c1ccccc1. The predicted molar refractivity (Wildman–Crippen MR) is 112 cm³/mol. The zero-order valence-electron chi connectivity index (χ0n) is 17.0. The van der Waals surface area contributed by atoms with Gasteiger partial charge in [-0.15, -0.1) is 0 Å². The molecule has 0 aromatic heterocycles. The zero-order chi connectivity index (χ0) is 20.2. The Kier molecular flexibility index (Phi) is 5.95. The van der Waals surface area contributed by atoms with Gasteiger partial charge in [-0.25, -0.2) is 0 Å². The standard InChI is InChI=1S/C24H29N3O2/c1-17(18-7-3-2-4-8-18)26-23(28)19-11-13-27(14-12-19)24(29)22-15-20-9-5-6-10-21(20)16-25-22/h2-10,17,19,22,25H,11-16H2,1H3,(H,26,28)/p+1/t17-,22-/m0/s1. The number of likely N-dealkylation sites (tertiary alicyclic amines) is 1. The summed E-state index contributed by atoms with van der Waals surface area (Å²) in [5.41, 5.74) is 3.73. The van der Waals surface area contributed by atoms with Gasteiger partial charge in [0.15, 0.2) is 6.04 Å². The second-order valence-electron chi connectivity index (χ2n) is 8.26. The van der Waals surface area contributed by atoms with Crippen molar-refractivity contribution in [2.75, 3.05) is 13.1 Å². The van der Waals surface area contributed by atoms with Crippen molar-refractivity contribution in [2.45, 2.75) is 44.8 Å². The molecular weight excluding hydrogens is 362 g/mol. The first-order valence-corrected chi connectivity index (χ1v) is 10.7. The first-order valence-electron chi connectivity index (χ1n) is 10.7. The maximum Gasteiger partial charge on any atom is 0.281 e. The van der Waals surface area contributed by atoms with Gasteiger partial charge in [-0.1, -0.05) is 54.6 Å². The van der Waals surface area contributed by atoms with Crippen molar-refractivity contribution in [1.82, 2.24) is 10.2 Å². The molecule has 152 valence electrons. The third kappa shape index (κ3) is 4.51. The van der Waals surface area contributed by atoms with Crippen LogP contribution in [0.15, 0.2) is 54.6 Å². The van der Waals surface area contributed by atoms with Crippen LogP contribution >= 0.6 is 0 Å². The van der Waals surface area contributed by atoms with E-state index in [0.29, 0.717) is 13.1 Å². The number of piperidine rings is 1. The Morgan fingerprint density at radius 1 is 1.00 bits per heavy atom. The van der Waals surface area contributed by atoms with Gasteiger partial charge in [0.25, 0.3) is 5.91 Å². The average molecular weight is 393 g/mol. The number of hydrogen-bond acceptors (Lipinski definition) is 2. The summed E-state index contributed by atoms with van der Waals surface area (Å²) in [5, 5.41) is 5.29. The van der Waals surface area contributed by atoms with Crippen molar-refractivity contribution in [3.63, 3.8) is 0 Å². The highest BCUT2D eigenvalue weighted by Gasteiger charge is 2.34. The number of amides is 2. The molecule has 2 amide bonds. The van der Waals surface area contributed by atoms with Gasteiger partial charge in [0.2, 0.25) is 5.91 Å². The van der Waals surface area contributed by atoms with Crippen LogP contribution in [0, 0.1) is 5.92 Å². The number of hydrogen-bond donors (Lipinski definition) is 2. The van der Waals surface area contributed by atoms with Crippen molar-refractivity contribution < 1.29 is 14.9 Å². The molecule has 5 nitrogen and oxygen atoms in total.